The van der Waals surface area contributed by atoms with Gasteiger partial charge in [-0.1, -0.05) is 0 Å². The van der Waals surface area contributed by atoms with Crippen LogP contribution in [0.15, 0.2) is 27.6 Å². The molecule has 2 rings (SSSR count). The van der Waals surface area contributed by atoms with Gasteiger partial charge in [0, 0.05) is 23.1 Å². The number of ether oxygens (including phenoxy) is 1. The summed E-state index contributed by atoms with van der Waals surface area (Å²) in [6.07, 6.45) is 0. The van der Waals surface area contributed by atoms with Crippen LogP contribution in [0.3, 0.4) is 0 Å². The molecule has 6 nitrogen and oxygen atoms in total. The van der Waals surface area contributed by atoms with Crippen LogP contribution in [0.5, 0.6) is 0 Å². The lowest BCUT2D eigenvalue weighted by Crippen LogP contribution is -2.40. The SMILES string of the molecule is NS(=O)(=O)c1cc(C(=O)N2CCOCC2)ccc1Br. The van der Waals surface area contributed by atoms with Crippen molar-refractivity contribution >= 4 is 31.9 Å². The van der Waals surface area contributed by atoms with Gasteiger partial charge in [0.15, 0.2) is 0 Å². The Kier molecular flexibility index (Phi) is 4.24. The Morgan fingerprint density at radius 3 is 2.53 bits per heavy atom. The molecule has 1 aliphatic rings. The molecule has 0 radical (unpaired) electrons. The normalized spacial score (nSPS) is 16.4. The van der Waals surface area contributed by atoms with Gasteiger partial charge in [-0.15, -0.1) is 0 Å². The van der Waals surface area contributed by atoms with Gasteiger partial charge in [-0.2, -0.15) is 0 Å². The molecule has 0 spiro atoms. The van der Waals surface area contributed by atoms with E-state index in [-0.39, 0.29) is 10.8 Å². The summed E-state index contributed by atoms with van der Waals surface area (Å²) < 4.78 is 28.3. The van der Waals surface area contributed by atoms with Crippen LogP contribution in [0, 0.1) is 0 Å². The molecule has 2 N–H and O–H groups in total. The second-order valence-electron chi connectivity index (χ2n) is 4.09. The van der Waals surface area contributed by atoms with Gasteiger partial charge >= 0.3 is 0 Å². The molecule has 1 aromatic rings. The lowest BCUT2D eigenvalue weighted by Gasteiger charge is -2.27. The second kappa shape index (κ2) is 5.58. The highest BCUT2D eigenvalue weighted by Gasteiger charge is 2.21. The number of carbonyl (C=O) groups excluding carboxylic acids is 1. The van der Waals surface area contributed by atoms with Crippen molar-refractivity contribution in [2.45, 2.75) is 4.90 Å². The first kappa shape index (κ1) is 14.4. The minimum Gasteiger partial charge on any atom is -0.378 e. The maximum absolute atomic E-state index is 12.2. The molecule has 0 unspecified atom stereocenters. The maximum Gasteiger partial charge on any atom is 0.254 e. The topological polar surface area (TPSA) is 89.7 Å². The summed E-state index contributed by atoms with van der Waals surface area (Å²) in [5.41, 5.74) is 0.300. The number of morpholine rings is 1. The molecule has 0 aromatic heterocycles. The van der Waals surface area contributed by atoms with E-state index in [0.717, 1.165) is 0 Å². The largest absolute Gasteiger partial charge is 0.378 e. The van der Waals surface area contributed by atoms with E-state index < -0.39 is 10.0 Å². The molecular weight excluding hydrogens is 336 g/mol. The zero-order valence-corrected chi connectivity index (χ0v) is 12.4. The van der Waals surface area contributed by atoms with Crippen LogP contribution in [-0.2, 0) is 14.8 Å². The number of hydrogen-bond acceptors (Lipinski definition) is 4. The van der Waals surface area contributed by atoms with Crippen molar-refractivity contribution in [2.24, 2.45) is 5.14 Å². The molecule has 0 aliphatic carbocycles. The van der Waals surface area contributed by atoms with Crippen LogP contribution < -0.4 is 5.14 Å². The fourth-order valence-electron chi connectivity index (χ4n) is 1.80. The number of nitrogens with two attached hydrogens (primary N) is 1. The maximum atomic E-state index is 12.2. The van der Waals surface area contributed by atoms with Crippen molar-refractivity contribution in [1.29, 1.82) is 0 Å². The van der Waals surface area contributed by atoms with Crippen molar-refractivity contribution in [2.75, 3.05) is 26.3 Å². The summed E-state index contributed by atoms with van der Waals surface area (Å²) in [7, 11) is -3.86. The van der Waals surface area contributed by atoms with E-state index >= 15 is 0 Å². The van der Waals surface area contributed by atoms with Crippen LogP contribution in [0.1, 0.15) is 10.4 Å². The van der Waals surface area contributed by atoms with E-state index in [0.29, 0.717) is 36.3 Å². The number of primary sulfonamides is 1. The van der Waals surface area contributed by atoms with Crippen LogP contribution in [0.2, 0.25) is 0 Å². The highest BCUT2D eigenvalue weighted by molar-refractivity contribution is 9.10. The van der Waals surface area contributed by atoms with Crippen LogP contribution in [0.25, 0.3) is 0 Å². The third-order valence-electron chi connectivity index (χ3n) is 2.78. The van der Waals surface area contributed by atoms with Crippen LogP contribution >= 0.6 is 15.9 Å². The summed E-state index contributed by atoms with van der Waals surface area (Å²) in [6, 6.07) is 4.36. The molecule has 1 heterocycles. The third-order valence-corrected chi connectivity index (χ3v) is 4.69. The Bertz CT molecular complexity index is 597. The first-order chi connectivity index (χ1) is 8.89. The average molecular weight is 349 g/mol. The number of carbonyl (C=O) groups is 1. The molecule has 1 saturated heterocycles. The van der Waals surface area contributed by atoms with Gasteiger partial charge in [0.2, 0.25) is 10.0 Å². The summed E-state index contributed by atoms with van der Waals surface area (Å²) >= 11 is 3.11. The molecule has 1 aliphatic heterocycles. The number of amides is 1. The molecule has 1 amide bonds. The molecule has 0 atom stereocenters. The van der Waals surface area contributed by atoms with E-state index in [1.807, 2.05) is 0 Å². The monoisotopic (exact) mass is 348 g/mol. The van der Waals surface area contributed by atoms with Gasteiger partial charge in [-0.3, -0.25) is 4.79 Å². The predicted molar refractivity (Wildman–Crippen MR) is 72.2 cm³/mol. The molecule has 1 fully saturated rings. The Morgan fingerprint density at radius 2 is 1.95 bits per heavy atom. The predicted octanol–water partition coefficient (Wildman–Crippen LogP) is 0.569. The standard InChI is InChI=1S/C11H13BrN2O4S/c12-9-2-1-8(7-10(9)19(13,16)17)11(15)14-3-5-18-6-4-14/h1-2,7H,3-6H2,(H2,13,16,17). The third kappa shape index (κ3) is 3.33. The van der Waals surface area contributed by atoms with Crippen molar-refractivity contribution < 1.29 is 17.9 Å². The van der Waals surface area contributed by atoms with Crippen LogP contribution in [0.4, 0.5) is 0 Å². The van der Waals surface area contributed by atoms with E-state index in [9.17, 15) is 13.2 Å². The summed E-state index contributed by atoms with van der Waals surface area (Å²) in [6.45, 7) is 1.98. The van der Waals surface area contributed by atoms with Gasteiger partial charge in [0.05, 0.1) is 18.1 Å². The van der Waals surface area contributed by atoms with E-state index in [1.165, 1.54) is 12.1 Å². The number of benzene rings is 1. The first-order valence-electron chi connectivity index (χ1n) is 5.59. The number of nitrogens with zero attached hydrogens (tertiary/aromatic N) is 1. The molecule has 0 bridgehead atoms. The number of hydrogen-bond donors (Lipinski definition) is 1. The van der Waals surface area contributed by atoms with Crippen molar-refractivity contribution in [3.8, 4) is 0 Å². The van der Waals surface area contributed by atoms with Crippen molar-refractivity contribution in [1.82, 2.24) is 4.90 Å². The lowest BCUT2D eigenvalue weighted by atomic mass is 10.2. The minimum absolute atomic E-state index is 0.0911. The lowest BCUT2D eigenvalue weighted by molar-refractivity contribution is 0.0302. The number of sulfonamides is 1. The molecule has 8 heteroatoms. The van der Waals surface area contributed by atoms with E-state index in [1.54, 1.807) is 11.0 Å². The molecule has 1 aromatic carbocycles. The van der Waals surface area contributed by atoms with Gasteiger partial charge < -0.3 is 9.64 Å². The van der Waals surface area contributed by atoms with Gasteiger partial charge in [-0.05, 0) is 34.1 Å². The van der Waals surface area contributed by atoms with Gasteiger partial charge in [-0.25, -0.2) is 13.6 Å². The molecule has 19 heavy (non-hydrogen) atoms. The summed E-state index contributed by atoms with van der Waals surface area (Å²) in [5.74, 6) is -0.222. The quantitative estimate of drug-likeness (QED) is 0.845. The molecular formula is C11H13BrN2O4S. The Hall–Kier alpha value is -0.960. The zero-order valence-electron chi connectivity index (χ0n) is 10.0. The molecule has 104 valence electrons. The van der Waals surface area contributed by atoms with Crippen LogP contribution in [-0.4, -0.2) is 45.5 Å². The Labute approximate surface area is 119 Å². The summed E-state index contributed by atoms with van der Waals surface area (Å²) in [5, 5.41) is 5.10. The molecule has 0 saturated carbocycles. The second-order valence-corrected chi connectivity index (χ2v) is 6.48. The Morgan fingerprint density at radius 1 is 1.32 bits per heavy atom. The van der Waals surface area contributed by atoms with Crippen molar-refractivity contribution in [3.05, 3.63) is 28.2 Å². The number of halogens is 1. The first-order valence-corrected chi connectivity index (χ1v) is 7.93. The Balaban J connectivity index is 2.33. The fourth-order valence-corrected chi connectivity index (χ4v) is 3.36. The highest BCUT2D eigenvalue weighted by atomic mass is 79.9. The van der Waals surface area contributed by atoms with Gasteiger partial charge in [0.1, 0.15) is 0 Å². The fraction of sp³-hybridized carbons (Fsp3) is 0.364. The smallest absolute Gasteiger partial charge is 0.254 e. The minimum atomic E-state index is -3.86. The average Bonchev–Trinajstić information content (AvgIpc) is 2.38. The van der Waals surface area contributed by atoms with Crippen molar-refractivity contribution in [3.63, 3.8) is 0 Å². The summed E-state index contributed by atoms with van der Waals surface area (Å²) in [4.78, 5) is 13.7. The van der Waals surface area contributed by atoms with Gasteiger partial charge in [0.25, 0.3) is 5.91 Å². The zero-order chi connectivity index (χ0) is 14.0. The van der Waals surface area contributed by atoms with E-state index in [4.69, 9.17) is 9.88 Å². The highest BCUT2D eigenvalue weighted by Crippen LogP contribution is 2.23. The van der Waals surface area contributed by atoms with E-state index in [2.05, 4.69) is 15.9 Å². The number of rotatable bonds is 2.